The van der Waals surface area contributed by atoms with Crippen molar-refractivity contribution in [2.45, 2.75) is 13.3 Å². The van der Waals surface area contributed by atoms with Crippen LogP contribution in [0.25, 0.3) is 10.2 Å². The van der Waals surface area contributed by atoms with Crippen LogP contribution in [0.5, 0.6) is 0 Å². The van der Waals surface area contributed by atoms with E-state index in [-0.39, 0.29) is 24.8 Å². The van der Waals surface area contributed by atoms with Crippen LogP contribution in [0.2, 0.25) is 0 Å². The van der Waals surface area contributed by atoms with Gasteiger partial charge in [0.15, 0.2) is 0 Å². The molecule has 0 unspecified atom stereocenters. The number of nitrogens with one attached hydrogen (secondary N) is 2. The van der Waals surface area contributed by atoms with E-state index in [1.54, 1.807) is 35.6 Å². The van der Waals surface area contributed by atoms with Gasteiger partial charge in [0.25, 0.3) is 5.91 Å². The highest BCUT2D eigenvalue weighted by Gasteiger charge is 2.08. The van der Waals surface area contributed by atoms with Gasteiger partial charge in [-0.3, -0.25) is 9.59 Å². The molecule has 0 saturated carbocycles. The molecule has 2 N–H and O–H groups in total. The maximum absolute atomic E-state index is 12.0. The molecule has 0 spiro atoms. The van der Waals surface area contributed by atoms with Crippen LogP contribution < -0.4 is 10.6 Å². The van der Waals surface area contributed by atoms with E-state index in [1.807, 2.05) is 25.1 Å². The molecule has 7 heteroatoms. The van der Waals surface area contributed by atoms with E-state index in [0.29, 0.717) is 5.56 Å². The van der Waals surface area contributed by atoms with Crippen LogP contribution in [0.4, 0.5) is 5.69 Å². The van der Waals surface area contributed by atoms with Gasteiger partial charge < -0.3 is 10.6 Å². The van der Waals surface area contributed by atoms with Crippen LogP contribution >= 0.6 is 27.3 Å². The molecular formula is C18H16BrN3O2S. The molecule has 2 amide bonds. The summed E-state index contributed by atoms with van der Waals surface area (Å²) in [5, 5.41) is 6.59. The summed E-state index contributed by atoms with van der Waals surface area (Å²) in [7, 11) is 0. The molecule has 5 nitrogen and oxygen atoms in total. The van der Waals surface area contributed by atoms with Crippen LogP contribution in [0.1, 0.15) is 21.8 Å². The number of fused-ring (bicyclic) bond motifs is 1. The lowest BCUT2D eigenvalue weighted by molar-refractivity contribution is -0.116. The molecule has 25 heavy (non-hydrogen) atoms. The summed E-state index contributed by atoms with van der Waals surface area (Å²) in [5.74, 6) is -0.335. The van der Waals surface area contributed by atoms with Crippen molar-refractivity contribution in [3.05, 3.63) is 57.5 Å². The Morgan fingerprint density at radius 3 is 2.68 bits per heavy atom. The summed E-state index contributed by atoms with van der Waals surface area (Å²) in [4.78, 5) is 28.4. The third kappa shape index (κ3) is 4.64. The SMILES string of the molecule is Cc1nc2ccc(NC(=O)CCNC(=O)c3ccc(Br)cc3)cc2s1. The molecule has 0 bridgehead atoms. The fourth-order valence-electron chi connectivity index (χ4n) is 2.33. The van der Waals surface area contributed by atoms with E-state index >= 15 is 0 Å². The van der Waals surface area contributed by atoms with Gasteiger partial charge in [-0.1, -0.05) is 15.9 Å². The predicted octanol–water partition coefficient (Wildman–Crippen LogP) is 4.13. The zero-order valence-corrected chi connectivity index (χ0v) is 15.9. The second-order valence-electron chi connectivity index (χ2n) is 5.48. The van der Waals surface area contributed by atoms with Gasteiger partial charge in [-0.15, -0.1) is 11.3 Å². The Bertz CT molecular complexity index is 922. The Morgan fingerprint density at radius 1 is 1.16 bits per heavy atom. The van der Waals surface area contributed by atoms with Crippen molar-refractivity contribution in [3.63, 3.8) is 0 Å². The number of carbonyl (C=O) groups excluding carboxylic acids is 2. The Morgan fingerprint density at radius 2 is 1.92 bits per heavy atom. The first-order chi connectivity index (χ1) is 12.0. The molecule has 1 heterocycles. The van der Waals surface area contributed by atoms with Gasteiger partial charge in [0.1, 0.15) is 0 Å². The van der Waals surface area contributed by atoms with Crippen molar-refractivity contribution in [2.75, 3.05) is 11.9 Å². The fraction of sp³-hybridized carbons (Fsp3) is 0.167. The number of hydrogen-bond acceptors (Lipinski definition) is 4. The number of rotatable bonds is 5. The van der Waals surface area contributed by atoms with Crippen LogP contribution in [-0.4, -0.2) is 23.3 Å². The van der Waals surface area contributed by atoms with Crippen molar-refractivity contribution in [3.8, 4) is 0 Å². The maximum atomic E-state index is 12.0. The molecule has 128 valence electrons. The van der Waals surface area contributed by atoms with Gasteiger partial charge >= 0.3 is 0 Å². The summed E-state index contributed by atoms with van der Waals surface area (Å²) in [6.45, 7) is 2.24. The Labute approximate surface area is 157 Å². The molecule has 0 aliphatic carbocycles. The van der Waals surface area contributed by atoms with E-state index < -0.39 is 0 Å². The van der Waals surface area contributed by atoms with Crippen LogP contribution in [0.3, 0.4) is 0 Å². The lowest BCUT2D eigenvalue weighted by Gasteiger charge is -2.07. The second kappa shape index (κ2) is 7.76. The number of aromatic nitrogens is 1. The van der Waals surface area contributed by atoms with Crippen molar-refractivity contribution >= 4 is 55.0 Å². The minimum absolute atomic E-state index is 0.142. The van der Waals surface area contributed by atoms with E-state index in [1.165, 1.54) is 0 Å². The van der Waals surface area contributed by atoms with E-state index in [4.69, 9.17) is 0 Å². The quantitative estimate of drug-likeness (QED) is 0.655. The summed E-state index contributed by atoms with van der Waals surface area (Å²) < 4.78 is 1.95. The van der Waals surface area contributed by atoms with Crippen LogP contribution in [0.15, 0.2) is 46.9 Å². The zero-order chi connectivity index (χ0) is 17.8. The second-order valence-corrected chi connectivity index (χ2v) is 7.63. The third-order valence-corrected chi connectivity index (χ3v) is 4.99. The highest BCUT2D eigenvalue weighted by Crippen LogP contribution is 2.24. The van der Waals surface area contributed by atoms with Crippen molar-refractivity contribution < 1.29 is 9.59 Å². The molecule has 0 atom stereocenters. The molecule has 2 aromatic carbocycles. The molecule has 0 fully saturated rings. The average Bonchev–Trinajstić information content (AvgIpc) is 2.94. The number of carbonyl (C=O) groups is 2. The molecule has 0 aliphatic heterocycles. The number of aryl methyl sites for hydroxylation is 1. The molecule has 3 rings (SSSR count). The molecular weight excluding hydrogens is 402 g/mol. The van der Waals surface area contributed by atoms with Gasteiger partial charge in [-0.2, -0.15) is 0 Å². The van der Waals surface area contributed by atoms with Crippen molar-refractivity contribution in [1.29, 1.82) is 0 Å². The number of halogens is 1. The zero-order valence-electron chi connectivity index (χ0n) is 13.5. The first-order valence-electron chi connectivity index (χ1n) is 7.72. The van der Waals surface area contributed by atoms with Gasteiger partial charge in [0.2, 0.25) is 5.91 Å². The fourth-order valence-corrected chi connectivity index (χ4v) is 3.46. The number of thiazole rings is 1. The topological polar surface area (TPSA) is 71.1 Å². The lowest BCUT2D eigenvalue weighted by atomic mass is 10.2. The number of nitrogens with zero attached hydrogens (tertiary/aromatic N) is 1. The van der Waals surface area contributed by atoms with E-state index in [0.717, 1.165) is 25.4 Å². The molecule has 0 aliphatic rings. The van der Waals surface area contributed by atoms with E-state index in [2.05, 4.69) is 31.5 Å². The van der Waals surface area contributed by atoms with Gasteiger partial charge in [0, 0.05) is 28.7 Å². The number of benzene rings is 2. The Balaban J connectivity index is 1.50. The predicted molar refractivity (Wildman–Crippen MR) is 104 cm³/mol. The summed E-state index contributed by atoms with van der Waals surface area (Å²) in [6.07, 6.45) is 0.210. The van der Waals surface area contributed by atoms with Gasteiger partial charge in [-0.05, 0) is 49.4 Å². The third-order valence-electron chi connectivity index (χ3n) is 3.52. The minimum Gasteiger partial charge on any atom is -0.352 e. The molecule has 0 saturated heterocycles. The largest absolute Gasteiger partial charge is 0.352 e. The van der Waals surface area contributed by atoms with Crippen LogP contribution in [0, 0.1) is 6.92 Å². The van der Waals surface area contributed by atoms with Crippen molar-refractivity contribution in [2.24, 2.45) is 0 Å². The maximum Gasteiger partial charge on any atom is 0.251 e. The minimum atomic E-state index is -0.193. The highest BCUT2D eigenvalue weighted by atomic mass is 79.9. The summed E-state index contributed by atoms with van der Waals surface area (Å²) >= 11 is 4.92. The number of anilines is 1. The number of amides is 2. The Hall–Kier alpha value is -2.25. The first kappa shape index (κ1) is 17.6. The van der Waals surface area contributed by atoms with Gasteiger partial charge in [0.05, 0.1) is 15.2 Å². The average molecular weight is 418 g/mol. The van der Waals surface area contributed by atoms with Crippen LogP contribution in [-0.2, 0) is 4.79 Å². The normalized spacial score (nSPS) is 10.6. The monoisotopic (exact) mass is 417 g/mol. The number of hydrogen-bond donors (Lipinski definition) is 2. The summed E-state index contributed by atoms with van der Waals surface area (Å²) in [5.41, 5.74) is 2.23. The summed E-state index contributed by atoms with van der Waals surface area (Å²) in [6, 6.07) is 12.7. The smallest absolute Gasteiger partial charge is 0.251 e. The molecule has 0 radical (unpaired) electrons. The Kier molecular flexibility index (Phi) is 5.45. The highest BCUT2D eigenvalue weighted by molar-refractivity contribution is 9.10. The molecule has 3 aromatic rings. The lowest BCUT2D eigenvalue weighted by Crippen LogP contribution is -2.27. The standard InChI is InChI=1S/C18H16BrN3O2S/c1-11-21-15-7-6-14(10-16(15)25-11)22-17(23)8-9-20-18(24)12-2-4-13(19)5-3-12/h2-7,10H,8-9H2,1H3,(H,20,24)(H,22,23). The van der Waals surface area contributed by atoms with Crippen molar-refractivity contribution in [1.82, 2.24) is 10.3 Å². The van der Waals surface area contributed by atoms with E-state index in [9.17, 15) is 9.59 Å². The van der Waals surface area contributed by atoms with Gasteiger partial charge in [-0.25, -0.2) is 4.98 Å². The first-order valence-corrected chi connectivity index (χ1v) is 9.33. The molecule has 1 aromatic heterocycles.